The lowest BCUT2D eigenvalue weighted by Crippen LogP contribution is -2.54. The lowest BCUT2D eigenvalue weighted by Gasteiger charge is -2.42. The number of carbonyl (C=O) groups is 2. The van der Waals surface area contributed by atoms with Crippen molar-refractivity contribution >= 4 is 24.1 Å². The fraction of sp³-hybridized carbons (Fsp3) is 0.455. The summed E-state index contributed by atoms with van der Waals surface area (Å²) in [5.74, 6) is 0.0384. The summed E-state index contributed by atoms with van der Waals surface area (Å²) in [4.78, 5) is 30.0. The van der Waals surface area contributed by atoms with Gasteiger partial charge in [0, 0.05) is 66.8 Å². The molecule has 2 fully saturated rings. The van der Waals surface area contributed by atoms with Gasteiger partial charge in [0.25, 0.3) is 11.8 Å². The summed E-state index contributed by atoms with van der Waals surface area (Å²) in [6.45, 7) is 10.3. The van der Waals surface area contributed by atoms with Crippen LogP contribution in [0, 0.1) is 12.8 Å². The van der Waals surface area contributed by atoms with E-state index in [1.807, 2.05) is 19.1 Å². The molecule has 7 nitrogen and oxygen atoms in total. The molecule has 224 valence electrons. The van der Waals surface area contributed by atoms with Gasteiger partial charge in [0.2, 0.25) is 0 Å². The first-order chi connectivity index (χ1) is 20.1. The smallest absolute Gasteiger partial charge is 0.419 e. The number of likely N-dealkylation sites (tertiary alicyclic amines) is 1. The molecular formula is C33H39F2N3O4. The normalized spacial score (nSPS) is 18.9. The zero-order valence-electron chi connectivity index (χ0n) is 24.3. The Bertz CT molecular complexity index is 1430. The van der Waals surface area contributed by atoms with Gasteiger partial charge in [0.1, 0.15) is 5.75 Å². The van der Waals surface area contributed by atoms with Crippen molar-refractivity contribution in [1.82, 2.24) is 15.1 Å². The van der Waals surface area contributed by atoms with Gasteiger partial charge in [-0.05, 0) is 80.6 Å². The van der Waals surface area contributed by atoms with Gasteiger partial charge in [-0.3, -0.25) is 9.59 Å². The van der Waals surface area contributed by atoms with Crippen LogP contribution in [0.3, 0.4) is 0 Å². The number of fused-ring (bicyclic) bond motifs is 1. The number of nitrogens with one attached hydrogen (secondary N) is 1. The molecule has 2 aromatic carbocycles. The van der Waals surface area contributed by atoms with Crippen molar-refractivity contribution in [2.24, 2.45) is 5.92 Å². The molecular weight excluding hydrogens is 540 g/mol. The molecule has 1 saturated carbocycles. The van der Waals surface area contributed by atoms with Crippen molar-refractivity contribution in [2.75, 3.05) is 32.8 Å². The number of alkyl halides is 2. The fourth-order valence-corrected chi connectivity index (χ4v) is 5.52. The Morgan fingerprint density at radius 3 is 2.55 bits per heavy atom. The zero-order chi connectivity index (χ0) is 29.9. The second kappa shape index (κ2) is 12.7. The SMILES string of the molecule is C=CC(F)(F)Oc1ccc(C(=O)N2CC(CN3C=c4c(C)c(C(=O)NCCOC5CCC5)ccc4=CCC3C)C2)cc1. The van der Waals surface area contributed by atoms with Crippen LogP contribution in [0.5, 0.6) is 5.75 Å². The number of rotatable bonds is 11. The van der Waals surface area contributed by atoms with Gasteiger partial charge in [0.15, 0.2) is 0 Å². The summed E-state index contributed by atoms with van der Waals surface area (Å²) >= 11 is 0. The minimum Gasteiger partial charge on any atom is -0.429 e. The second-order valence-electron chi connectivity index (χ2n) is 11.5. The Morgan fingerprint density at radius 2 is 1.88 bits per heavy atom. The predicted octanol–water partition coefficient (Wildman–Crippen LogP) is 3.84. The molecule has 0 bridgehead atoms. The first-order valence-electron chi connectivity index (χ1n) is 14.7. The van der Waals surface area contributed by atoms with Gasteiger partial charge in [-0.25, -0.2) is 0 Å². The Morgan fingerprint density at radius 1 is 1.14 bits per heavy atom. The van der Waals surface area contributed by atoms with E-state index in [1.165, 1.54) is 30.7 Å². The van der Waals surface area contributed by atoms with E-state index < -0.39 is 6.11 Å². The summed E-state index contributed by atoms with van der Waals surface area (Å²) in [7, 11) is 0. The average Bonchev–Trinajstić information content (AvgIpc) is 3.08. The van der Waals surface area contributed by atoms with E-state index in [1.54, 1.807) is 4.90 Å². The van der Waals surface area contributed by atoms with Crippen molar-refractivity contribution in [3.05, 3.63) is 76.2 Å². The highest BCUT2D eigenvalue weighted by Gasteiger charge is 2.33. The molecule has 42 heavy (non-hydrogen) atoms. The zero-order valence-corrected chi connectivity index (χ0v) is 24.3. The number of nitrogens with zero attached hydrogens (tertiary/aromatic N) is 2. The van der Waals surface area contributed by atoms with E-state index in [-0.39, 0.29) is 23.6 Å². The topological polar surface area (TPSA) is 71.1 Å². The highest BCUT2D eigenvalue weighted by molar-refractivity contribution is 5.96. The maximum absolute atomic E-state index is 13.4. The van der Waals surface area contributed by atoms with Crippen LogP contribution in [0.4, 0.5) is 8.78 Å². The second-order valence-corrected chi connectivity index (χ2v) is 11.5. The van der Waals surface area contributed by atoms with Gasteiger partial charge in [0.05, 0.1) is 12.7 Å². The third kappa shape index (κ3) is 6.84. The maximum atomic E-state index is 13.4. The molecule has 0 spiro atoms. The van der Waals surface area contributed by atoms with E-state index in [0.717, 1.165) is 41.8 Å². The Kier molecular flexibility index (Phi) is 8.96. The molecule has 3 aliphatic rings. The number of halogens is 2. The molecule has 0 aromatic heterocycles. The Labute approximate surface area is 245 Å². The predicted molar refractivity (Wildman–Crippen MR) is 158 cm³/mol. The number of carbonyl (C=O) groups excluding carboxylic acids is 2. The van der Waals surface area contributed by atoms with Crippen LogP contribution < -0.4 is 20.5 Å². The van der Waals surface area contributed by atoms with E-state index in [4.69, 9.17) is 4.74 Å². The van der Waals surface area contributed by atoms with Crippen LogP contribution in [0.15, 0.2) is 49.1 Å². The molecule has 2 aromatic rings. The van der Waals surface area contributed by atoms with Crippen molar-refractivity contribution < 1.29 is 27.8 Å². The highest BCUT2D eigenvalue weighted by atomic mass is 19.3. The number of benzene rings is 2. The van der Waals surface area contributed by atoms with E-state index in [9.17, 15) is 18.4 Å². The van der Waals surface area contributed by atoms with E-state index >= 15 is 0 Å². The van der Waals surface area contributed by atoms with Crippen molar-refractivity contribution in [1.29, 1.82) is 0 Å². The summed E-state index contributed by atoms with van der Waals surface area (Å²) < 4.78 is 37.1. The highest BCUT2D eigenvalue weighted by Crippen LogP contribution is 2.26. The Hall–Kier alpha value is -3.72. The minimum absolute atomic E-state index is 0.0328. The standard InChI is InChI=1S/C33H39F2N3O4/c1-4-33(34,35)42-28-13-10-26(11-14-28)32(40)38-19-24(20-38)18-37-21-30-23(3)29(15-12-25(30)9-8-22(37)2)31(39)36-16-17-41-27-6-5-7-27/h4,9-15,21-22,24,27H,1,5-8,16-20H2,2-3H3,(H,36,39). The molecule has 1 aliphatic carbocycles. The van der Waals surface area contributed by atoms with E-state index in [0.29, 0.717) is 55.5 Å². The third-order valence-corrected chi connectivity index (χ3v) is 8.43. The van der Waals surface area contributed by atoms with Crippen LogP contribution in [0.2, 0.25) is 0 Å². The molecule has 2 aliphatic heterocycles. The number of hydrogen-bond acceptors (Lipinski definition) is 5. The third-order valence-electron chi connectivity index (χ3n) is 8.43. The van der Waals surface area contributed by atoms with Crippen molar-refractivity contribution in [3.8, 4) is 5.75 Å². The fourth-order valence-electron chi connectivity index (χ4n) is 5.52. The number of hydrogen-bond donors (Lipinski definition) is 1. The molecule has 1 unspecified atom stereocenters. The number of amides is 2. The molecule has 2 heterocycles. The number of ether oxygens (including phenoxy) is 2. The molecule has 1 atom stereocenters. The largest absolute Gasteiger partial charge is 0.429 e. The lowest BCUT2D eigenvalue weighted by atomic mass is 9.96. The maximum Gasteiger partial charge on any atom is 0.419 e. The quantitative estimate of drug-likeness (QED) is 0.324. The molecule has 9 heteroatoms. The van der Waals surface area contributed by atoms with Crippen LogP contribution in [0.25, 0.3) is 12.3 Å². The van der Waals surface area contributed by atoms with Gasteiger partial charge < -0.3 is 24.6 Å². The molecule has 1 N–H and O–H groups in total. The van der Waals surface area contributed by atoms with Gasteiger partial charge in [-0.15, -0.1) is 0 Å². The van der Waals surface area contributed by atoms with Gasteiger partial charge in [-0.2, -0.15) is 8.78 Å². The Balaban J connectivity index is 1.19. The van der Waals surface area contributed by atoms with Crippen LogP contribution in [-0.2, 0) is 4.74 Å². The summed E-state index contributed by atoms with van der Waals surface area (Å²) in [6.07, 6.45) is 6.03. The lowest BCUT2D eigenvalue weighted by molar-refractivity contribution is -0.131. The van der Waals surface area contributed by atoms with Gasteiger partial charge in [-0.1, -0.05) is 18.7 Å². The molecule has 2 amide bonds. The molecule has 0 radical (unpaired) electrons. The summed E-state index contributed by atoms with van der Waals surface area (Å²) in [5, 5.41) is 5.17. The van der Waals surface area contributed by atoms with Crippen LogP contribution in [0.1, 0.15) is 58.9 Å². The van der Waals surface area contributed by atoms with E-state index in [2.05, 4.69) is 40.7 Å². The summed E-state index contributed by atoms with van der Waals surface area (Å²) in [5.41, 5.74) is 2.04. The van der Waals surface area contributed by atoms with Crippen molar-refractivity contribution in [3.63, 3.8) is 0 Å². The minimum atomic E-state index is -3.47. The van der Waals surface area contributed by atoms with Crippen LogP contribution >= 0.6 is 0 Å². The monoisotopic (exact) mass is 579 g/mol. The average molecular weight is 580 g/mol. The first kappa shape index (κ1) is 29.8. The summed E-state index contributed by atoms with van der Waals surface area (Å²) in [6, 6.07) is 9.92. The molecule has 1 saturated heterocycles. The van der Waals surface area contributed by atoms with Gasteiger partial charge >= 0.3 is 6.11 Å². The molecule has 5 rings (SSSR count). The van der Waals surface area contributed by atoms with Crippen molar-refractivity contribution in [2.45, 2.75) is 57.8 Å². The first-order valence-corrected chi connectivity index (χ1v) is 14.7. The van der Waals surface area contributed by atoms with Crippen LogP contribution in [-0.4, -0.2) is 72.7 Å².